The van der Waals surface area contributed by atoms with Crippen LogP contribution in [-0.4, -0.2) is 49.7 Å². The second-order valence-electron chi connectivity index (χ2n) is 5.81. The van der Waals surface area contributed by atoms with Gasteiger partial charge in [0.1, 0.15) is 0 Å². The second kappa shape index (κ2) is 12.1. The number of carbonyl (C=O) groups is 2. The third-order valence-electron chi connectivity index (χ3n) is 3.50. The lowest BCUT2D eigenvalue weighted by molar-refractivity contribution is -0.121. The standard InChI is InChI=1S/C19H31N3O4/c1-5-11-22(12-6-2)14-18(23)21-19(24)20-15-9-10-16(25-7-3)17(13-15)26-8-4/h9-10,13H,5-8,11-12,14H2,1-4H3,(H2,20,21,23,24). The summed E-state index contributed by atoms with van der Waals surface area (Å²) in [5, 5.41) is 5.02. The lowest BCUT2D eigenvalue weighted by atomic mass is 10.2. The molecular weight excluding hydrogens is 334 g/mol. The van der Waals surface area contributed by atoms with Crippen molar-refractivity contribution in [3.8, 4) is 11.5 Å². The van der Waals surface area contributed by atoms with Crippen molar-refractivity contribution in [2.75, 3.05) is 38.2 Å². The van der Waals surface area contributed by atoms with Crippen molar-refractivity contribution in [3.05, 3.63) is 18.2 Å². The number of carbonyl (C=O) groups excluding carboxylic acids is 2. The summed E-state index contributed by atoms with van der Waals surface area (Å²) in [5.74, 6) is 0.849. The third-order valence-corrected chi connectivity index (χ3v) is 3.50. The van der Waals surface area contributed by atoms with Crippen LogP contribution in [0.25, 0.3) is 0 Å². The largest absolute Gasteiger partial charge is 0.490 e. The van der Waals surface area contributed by atoms with Crippen molar-refractivity contribution >= 4 is 17.6 Å². The Morgan fingerprint density at radius 3 is 2.15 bits per heavy atom. The van der Waals surface area contributed by atoms with E-state index in [1.165, 1.54) is 0 Å². The normalized spacial score (nSPS) is 10.5. The molecule has 0 saturated carbocycles. The molecule has 0 aliphatic rings. The molecule has 146 valence electrons. The first kappa shape index (κ1) is 21.8. The van der Waals surface area contributed by atoms with Crippen molar-refractivity contribution in [1.29, 1.82) is 0 Å². The molecule has 0 spiro atoms. The molecule has 3 amide bonds. The number of nitrogens with zero attached hydrogens (tertiary/aromatic N) is 1. The van der Waals surface area contributed by atoms with E-state index in [-0.39, 0.29) is 12.5 Å². The van der Waals surface area contributed by atoms with Crippen LogP contribution in [0.4, 0.5) is 10.5 Å². The molecule has 1 aromatic rings. The molecule has 2 N–H and O–H groups in total. The van der Waals surface area contributed by atoms with Gasteiger partial charge in [-0.1, -0.05) is 13.8 Å². The Kier molecular flexibility index (Phi) is 10.2. The average molecular weight is 365 g/mol. The maximum atomic E-state index is 12.1. The van der Waals surface area contributed by atoms with E-state index in [1.54, 1.807) is 18.2 Å². The molecule has 0 aliphatic heterocycles. The van der Waals surface area contributed by atoms with Crippen LogP contribution in [0.15, 0.2) is 18.2 Å². The number of imide groups is 1. The summed E-state index contributed by atoms with van der Waals surface area (Å²) in [6.45, 7) is 10.8. The minimum atomic E-state index is -0.561. The number of hydrogen-bond acceptors (Lipinski definition) is 5. The fourth-order valence-corrected chi connectivity index (χ4v) is 2.56. The number of urea groups is 1. The highest BCUT2D eigenvalue weighted by Gasteiger charge is 2.13. The van der Waals surface area contributed by atoms with E-state index in [1.807, 2.05) is 18.7 Å². The van der Waals surface area contributed by atoms with Gasteiger partial charge in [0.25, 0.3) is 0 Å². The Morgan fingerprint density at radius 2 is 1.58 bits per heavy atom. The minimum absolute atomic E-state index is 0.211. The highest BCUT2D eigenvalue weighted by atomic mass is 16.5. The van der Waals surface area contributed by atoms with Gasteiger partial charge in [-0.25, -0.2) is 4.79 Å². The van der Waals surface area contributed by atoms with Crippen molar-refractivity contribution < 1.29 is 19.1 Å². The number of anilines is 1. The highest BCUT2D eigenvalue weighted by molar-refractivity contribution is 6.01. The summed E-state index contributed by atoms with van der Waals surface area (Å²) in [6.07, 6.45) is 1.93. The predicted molar refractivity (Wildman–Crippen MR) is 103 cm³/mol. The molecule has 0 heterocycles. The monoisotopic (exact) mass is 365 g/mol. The summed E-state index contributed by atoms with van der Waals surface area (Å²) >= 11 is 0. The number of hydrogen-bond donors (Lipinski definition) is 2. The number of amides is 3. The molecule has 0 aliphatic carbocycles. The van der Waals surface area contributed by atoms with Gasteiger partial charge in [0, 0.05) is 11.8 Å². The quantitative estimate of drug-likeness (QED) is 0.629. The lowest BCUT2D eigenvalue weighted by Crippen LogP contribution is -2.42. The van der Waals surface area contributed by atoms with Gasteiger partial charge in [-0.15, -0.1) is 0 Å². The van der Waals surface area contributed by atoms with Crippen molar-refractivity contribution in [3.63, 3.8) is 0 Å². The first-order valence-electron chi connectivity index (χ1n) is 9.26. The Morgan fingerprint density at radius 1 is 0.962 bits per heavy atom. The molecule has 7 heteroatoms. The number of nitrogens with one attached hydrogen (secondary N) is 2. The number of ether oxygens (including phenoxy) is 2. The average Bonchev–Trinajstić information content (AvgIpc) is 2.58. The molecule has 1 rings (SSSR count). The Bertz CT molecular complexity index is 572. The molecule has 0 radical (unpaired) electrons. The van der Waals surface area contributed by atoms with Crippen LogP contribution in [-0.2, 0) is 4.79 Å². The molecule has 7 nitrogen and oxygen atoms in total. The molecule has 0 unspecified atom stereocenters. The zero-order chi connectivity index (χ0) is 19.4. The van der Waals surface area contributed by atoms with Gasteiger partial charge in [-0.05, 0) is 51.9 Å². The van der Waals surface area contributed by atoms with Crippen LogP contribution in [0.2, 0.25) is 0 Å². The van der Waals surface area contributed by atoms with E-state index < -0.39 is 6.03 Å². The fraction of sp³-hybridized carbons (Fsp3) is 0.579. The molecule has 0 fully saturated rings. The van der Waals surface area contributed by atoms with E-state index in [9.17, 15) is 9.59 Å². The molecule has 1 aromatic carbocycles. The minimum Gasteiger partial charge on any atom is -0.490 e. The number of rotatable bonds is 11. The fourth-order valence-electron chi connectivity index (χ4n) is 2.56. The van der Waals surface area contributed by atoms with E-state index in [0.717, 1.165) is 25.9 Å². The van der Waals surface area contributed by atoms with Crippen LogP contribution in [0, 0.1) is 0 Å². The van der Waals surface area contributed by atoms with Gasteiger partial charge in [0.2, 0.25) is 5.91 Å². The van der Waals surface area contributed by atoms with Crippen molar-refractivity contribution in [2.45, 2.75) is 40.5 Å². The molecule has 0 aromatic heterocycles. The second-order valence-corrected chi connectivity index (χ2v) is 5.81. The predicted octanol–water partition coefficient (Wildman–Crippen LogP) is 3.25. The third kappa shape index (κ3) is 7.74. The highest BCUT2D eigenvalue weighted by Crippen LogP contribution is 2.30. The van der Waals surface area contributed by atoms with E-state index >= 15 is 0 Å². The van der Waals surface area contributed by atoms with Crippen LogP contribution in [0.5, 0.6) is 11.5 Å². The smallest absolute Gasteiger partial charge is 0.325 e. The zero-order valence-corrected chi connectivity index (χ0v) is 16.3. The number of benzene rings is 1. The van der Waals surface area contributed by atoms with Gasteiger partial charge in [0.15, 0.2) is 11.5 Å². The van der Waals surface area contributed by atoms with Gasteiger partial charge >= 0.3 is 6.03 Å². The SMILES string of the molecule is CCCN(CCC)CC(=O)NC(=O)Nc1ccc(OCC)c(OCC)c1. The van der Waals surface area contributed by atoms with Gasteiger partial charge in [0.05, 0.1) is 19.8 Å². The van der Waals surface area contributed by atoms with Gasteiger partial charge in [-0.3, -0.25) is 15.0 Å². The Labute approximate surface area is 156 Å². The lowest BCUT2D eigenvalue weighted by Gasteiger charge is -2.20. The summed E-state index contributed by atoms with van der Waals surface area (Å²) < 4.78 is 11.0. The van der Waals surface area contributed by atoms with Crippen molar-refractivity contribution in [2.24, 2.45) is 0 Å². The molecule has 26 heavy (non-hydrogen) atoms. The van der Waals surface area contributed by atoms with Crippen LogP contribution >= 0.6 is 0 Å². The van der Waals surface area contributed by atoms with Crippen LogP contribution in [0.1, 0.15) is 40.5 Å². The summed E-state index contributed by atoms with van der Waals surface area (Å²) in [5.41, 5.74) is 0.529. The first-order valence-corrected chi connectivity index (χ1v) is 9.26. The molecular formula is C19H31N3O4. The van der Waals surface area contributed by atoms with E-state index in [4.69, 9.17) is 9.47 Å². The summed E-state index contributed by atoms with van der Waals surface area (Å²) in [4.78, 5) is 26.2. The van der Waals surface area contributed by atoms with Gasteiger partial charge in [-0.2, -0.15) is 0 Å². The van der Waals surface area contributed by atoms with Crippen LogP contribution < -0.4 is 20.1 Å². The maximum absolute atomic E-state index is 12.1. The first-order chi connectivity index (χ1) is 12.5. The molecule has 0 saturated heterocycles. The molecule has 0 atom stereocenters. The molecule has 0 bridgehead atoms. The zero-order valence-electron chi connectivity index (χ0n) is 16.3. The van der Waals surface area contributed by atoms with Gasteiger partial charge < -0.3 is 14.8 Å². The Hall–Kier alpha value is -2.28. The Balaban J connectivity index is 2.63. The topological polar surface area (TPSA) is 79.9 Å². The van der Waals surface area contributed by atoms with E-state index in [0.29, 0.717) is 30.4 Å². The van der Waals surface area contributed by atoms with Crippen LogP contribution in [0.3, 0.4) is 0 Å². The van der Waals surface area contributed by atoms with E-state index in [2.05, 4.69) is 24.5 Å². The maximum Gasteiger partial charge on any atom is 0.325 e. The van der Waals surface area contributed by atoms with Crippen molar-refractivity contribution in [1.82, 2.24) is 10.2 Å². The summed E-state index contributed by atoms with van der Waals surface area (Å²) in [6, 6.07) is 4.56. The summed E-state index contributed by atoms with van der Waals surface area (Å²) in [7, 11) is 0.